The second kappa shape index (κ2) is 9.09. The molecule has 0 radical (unpaired) electrons. The lowest BCUT2D eigenvalue weighted by Crippen LogP contribution is -2.50. The van der Waals surface area contributed by atoms with E-state index in [0.29, 0.717) is 42.1 Å². The van der Waals surface area contributed by atoms with Crippen molar-refractivity contribution in [2.45, 2.75) is 25.8 Å². The molecule has 7 heteroatoms. The Kier molecular flexibility index (Phi) is 6.52. The van der Waals surface area contributed by atoms with Crippen LogP contribution in [0.25, 0.3) is 0 Å². The van der Waals surface area contributed by atoms with Crippen molar-refractivity contribution >= 4 is 17.8 Å². The zero-order valence-corrected chi connectivity index (χ0v) is 17.3. The van der Waals surface area contributed by atoms with E-state index >= 15 is 0 Å². The van der Waals surface area contributed by atoms with Crippen LogP contribution >= 0.6 is 0 Å². The van der Waals surface area contributed by atoms with E-state index in [9.17, 15) is 14.4 Å². The van der Waals surface area contributed by atoms with Crippen molar-refractivity contribution in [3.63, 3.8) is 0 Å². The number of nitrogens with zero attached hydrogens (tertiary/aromatic N) is 1. The zero-order chi connectivity index (χ0) is 21.7. The van der Waals surface area contributed by atoms with Crippen LogP contribution in [0.2, 0.25) is 0 Å². The van der Waals surface area contributed by atoms with Crippen LogP contribution in [-0.2, 0) is 9.47 Å². The maximum Gasteiger partial charge on any atom is 0.337 e. The van der Waals surface area contributed by atoms with Gasteiger partial charge >= 0.3 is 5.97 Å². The Morgan fingerprint density at radius 3 is 2.10 bits per heavy atom. The number of carbonyl (C=O) groups is 3. The van der Waals surface area contributed by atoms with Crippen LogP contribution in [0.4, 0.5) is 0 Å². The molecular weight excluding hydrogens is 386 g/mol. The Morgan fingerprint density at radius 1 is 0.933 bits per heavy atom. The fourth-order valence-corrected chi connectivity index (χ4v) is 3.28. The minimum absolute atomic E-state index is 0.228. The van der Waals surface area contributed by atoms with Crippen molar-refractivity contribution in [2.75, 3.05) is 26.9 Å². The van der Waals surface area contributed by atoms with E-state index in [1.54, 1.807) is 48.5 Å². The summed E-state index contributed by atoms with van der Waals surface area (Å²) in [6, 6.07) is 13.5. The smallest absolute Gasteiger partial charge is 0.337 e. The Morgan fingerprint density at radius 2 is 1.53 bits per heavy atom. The number of esters is 1. The quantitative estimate of drug-likeness (QED) is 0.358. The maximum absolute atomic E-state index is 12.6. The molecule has 0 N–H and O–H groups in total. The van der Waals surface area contributed by atoms with E-state index in [2.05, 4.69) is 4.74 Å². The number of hydrogen-bond donors (Lipinski definition) is 0. The van der Waals surface area contributed by atoms with E-state index in [1.165, 1.54) is 12.0 Å². The molecular formula is C23H25NO6. The number of benzene rings is 2. The molecule has 1 heterocycles. The predicted molar refractivity (Wildman–Crippen MR) is 110 cm³/mol. The van der Waals surface area contributed by atoms with Gasteiger partial charge in [0.25, 0.3) is 11.8 Å². The summed E-state index contributed by atoms with van der Waals surface area (Å²) in [5.74, 6) is -0.324. The van der Waals surface area contributed by atoms with Gasteiger partial charge in [-0.2, -0.15) is 0 Å². The lowest BCUT2D eigenvalue weighted by atomic mass is 10.0. The fourth-order valence-electron chi connectivity index (χ4n) is 3.28. The van der Waals surface area contributed by atoms with Gasteiger partial charge in [0.15, 0.2) is 0 Å². The minimum Gasteiger partial charge on any atom is -0.494 e. The van der Waals surface area contributed by atoms with Crippen molar-refractivity contribution in [2.24, 2.45) is 0 Å². The number of hydrogen-bond acceptors (Lipinski definition) is 6. The predicted octanol–water partition coefficient (Wildman–Crippen LogP) is 3.33. The van der Waals surface area contributed by atoms with Crippen LogP contribution in [0.15, 0.2) is 48.5 Å². The van der Waals surface area contributed by atoms with Gasteiger partial charge in [0.1, 0.15) is 5.75 Å². The summed E-state index contributed by atoms with van der Waals surface area (Å²) in [5, 5.41) is 0. The molecule has 158 valence electrons. The SMILES string of the molecule is COC(=O)c1ccc(OCCCOCC(C)(C)N2C(=O)c3ccccc3C2=O)cc1. The summed E-state index contributed by atoms with van der Waals surface area (Å²) >= 11 is 0. The van der Waals surface area contributed by atoms with Crippen molar-refractivity contribution in [3.8, 4) is 5.75 Å². The van der Waals surface area contributed by atoms with Crippen molar-refractivity contribution in [1.82, 2.24) is 4.90 Å². The van der Waals surface area contributed by atoms with Gasteiger partial charge in [0.05, 0.1) is 42.6 Å². The molecule has 0 saturated heterocycles. The number of methoxy groups -OCH3 is 1. The van der Waals surface area contributed by atoms with Gasteiger partial charge in [-0.1, -0.05) is 12.1 Å². The highest BCUT2D eigenvalue weighted by atomic mass is 16.5. The highest BCUT2D eigenvalue weighted by Gasteiger charge is 2.43. The molecule has 0 bridgehead atoms. The lowest BCUT2D eigenvalue weighted by molar-refractivity contribution is 0.0141. The van der Waals surface area contributed by atoms with Crippen LogP contribution < -0.4 is 4.74 Å². The van der Waals surface area contributed by atoms with Crippen molar-refractivity contribution < 1.29 is 28.6 Å². The topological polar surface area (TPSA) is 82.1 Å². The number of amides is 2. The zero-order valence-electron chi connectivity index (χ0n) is 17.3. The molecule has 3 rings (SSSR count). The summed E-state index contributed by atoms with van der Waals surface area (Å²) < 4.78 is 16.0. The van der Waals surface area contributed by atoms with Crippen LogP contribution in [-0.4, -0.2) is 55.2 Å². The fraction of sp³-hybridized carbons (Fsp3) is 0.348. The summed E-state index contributed by atoms with van der Waals surface area (Å²) in [6.07, 6.45) is 0.636. The van der Waals surface area contributed by atoms with Gasteiger partial charge in [0, 0.05) is 13.0 Å². The number of ether oxygens (including phenoxy) is 3. The largest absolute Gasteiger partial charge is 0.494 e. The van der Waals surface area contributed by atoms with Gasteiger partial charge in [-0.05, 0) is 50.2 Å². The van der Waals surface area contributed by atoms with Crippen molar-refractivity contribution in [1.29, 1.82) is 0 Å². The Labute approximate surface area is 175 Å². The number of imide groups is 1. The van der Waals surface area contributed by atoms with Gasteiger partial charge in [-0.25, -0.2) is 4.79 Å². The standard InChI is InChI=1S/C23H25NO6/c1-23(2,24-20(25)18-7-4-5-8-19(18)21(24)26)15-29-13-6-14-30-17-11-9-16(10-12-17)22(27)28-3/h4-5,7-12H,6,13-15H2,1-3H3. The molecule has 0 unspecified atom stereocenters. The summed E-state index contributed by atoms with van der Waals surface area (Å²) in [7, 11) is 1.34. The Balaban J connectivity index is 1.43. The van der Waals surface area contributed by atoms with Crippen molar-refractivity contribution in [3.05, 3.63) is 65.2 Å². The van der Waals surface area contributed by atoms with Crippen LogP contribution in [0.1, 0.15) is 51.3 Å². The third-order valence-electron chi connectivity index (χ3n) is 4.83. The molecule has 1 aliphatic heterocycles. The first-order chi connectivity index (χ1) is 14.3. The van der Waals surface area contributed by atoms with Crippen LogP contribution in [0.3, 0.4) is 0 Å². The van der Waals surface area contributed by atoms with Crippen LogP contribution in [0.5, 0.6) is 5.75 Å². The van der Waals surface area contributed by atoms with Crippen LogP contribution in [0, 0.1) is 0 Å². The number of carbonyl (C=O) groups excluding carboxylic acids is 3. The Hall–Kier alpha value is -3.19. The normalized spacial score (nSPS) is 13.4. The van der Waals surface area contributed by atoms with Gasteiger partial charge in [-0.3, -0.25) is 14.5 Å². The minimum atomic E-state index is -0.766. The molecule has 2 aromatic carbocycles. The molecule has 0 spiro atoms. The van der Waals surface area contributed by atoms with E-state index in [4.69, 9.17) is 9.47 Å². The highest BCUT2D eigenvalue weighted by molar-refractivity contribution is 6.21. The molecule has 2 amide bonds. The summed E-state index contributed by atoms with van der Waals surface area (Å²) in [5.41, 5.74) is 0.561. The Bertz CT molecular complexity index is 900. The summed E-state index contributed by atoms with van der Waals surface area (Å²) in [6.45, 7) is 4.71. The van der Waals surface area contributed by atoms with Gasteiger partial charge in [0.2, 0.25) is 0 Å². The average Bonchev–Trinajstić information content (AvgIpc) is 3.01. The van der Waals surface area contributed by atoms with E-state index in [-0.39, 0.29) is 18.4 Å². The average molecular weight is 411 g/mol. The molecule has 0 aliphatic carbocycles. The molecule has 0 atom stereocenters. The third kappa shape index (κ3) is 4.52. The molecule has 0 aromatic heterocycles. The van der Waals surface area contributed by atoms with E-state index < -0.39 is 11.5 Å². The first-order valence-electron chi connectivity index (χ1n) is 9.72. The highest BCUT2D eigenvalue weighted by Crippen LogP contribution is 2.29. The lowest BCUT2D eigenvalue weighted by Gasteiger charge is -2.33. The molecule has 1 aliphatic rings. The van der Waals surface area contributed by atoms with Gasteiger partial charge < -0.3 is 14.2 Å². The maximum atomic E-state index is 12.6. The first-order valence-corrected chi connectivity index (χ1v) is 9.72. The molecule has 0 fully saturated rings. The summed E-state index contributed by atoms with van der Waals surface area (Å²) in [4.78, 5) is 38.0. The third-order valence-corrected chi connectivity index (χ3v) is 4.83. The number of fused-ring (bicyclic) bond motifs is 1. The second-order valence-corrected chi connectivity index (χ2v) is 7.57. The van der Waals surface area contributed by atoms with E-state index in [1.807, 2.05) is 13.8 Å². The second-order valence-electron chi connectivity index (χ2n) is 7.57. The molecule has 0 saturated carbocycles. The molecule has 7 nitrogen and oxygen atoms in total. The van der Waals surface area contributed by atoms with E-state index in [0.717, 1.165) is 0 Å². The molecule has 2 aromatic rings. The molecule has 30 heavy (non-hydrogen) atoms. The number of rotatable bonds is 9. The first kappa shape index (κ1) is 21.5. The monoisotopic (exact) mass is 411 g/mol. The van der Waals surface area contributed by atoms with Gasteiger partial charge in [-0.15, -0.1) is 0 Å².